The van der Waals surface area contributed by atoms with Gasteiger partial charge in [0, 0.05) is 18.8 Å². The summed E-state index contributed by atoms with van der Waals surface area (Å²) in [6.07, 6.45) is 4.90. The van der Waals surface area contributed by atoms with E-state index in [1.807, 2.05) is 0 Å². The SMILES string of the molecule is CCCO[SiH](OCCC)C1CCC(C)C1C. The molecule has 0 radical (unpaired) electrons. The van der Waals surface area contributed by atoms with Crippen LogP contribution in [0.15, 0.2) is 0 Å². The Morgan fingerprint density at radius 2 is 1.56 bits per heavy atom. The van der Waals surface area contributed by atoms with Gasteiger partial charge in [0.25, 0.3) is 0 Å². The maximum absolute atomic E-state index is 6.01. The predicted molar refractivity (Wildman–Crippen MR) is 70.9 cm³/mol. The molecule has 1 rings (SSSR count). The summed E-state index contributed by atoms with van der Waals surface area (Å²) in [6, 6.07) is 0. The molecule has 16 heavy (non-hydrogen) atoms. The summed E-state index contributed by atoms with van der Waals surface area (Å²) in [6.45, 7) is 10.9. The summed E-state index contributed by atoms with van der Waals surface area (Å²) in [5.41, 5.74) is 0.744. The van der Waals surface area contributed by atoms with Crippen LogP contribution < -0.4 is 0 Å². The smallest absolute Gasteiger partial charge is 0.324 e. The zero-order valence-corrected chi connectivity index (χ0v) is 12.5. The zero-order chi connectivity index (χ0) is 12.0. The quantitative estimate of drug-likeness (QED) is 0.638. The Bertz CT molecular complexity index is 179. The third-order valence-electron chi connectivity index (χ3n) is 3.85. The second-order valence-corrected chi connectivity index (χ2v) is 7.45. The van der Waals surface area contributed by atoms with Crippen LogP contribution in [0.5, 0.6) is 0 Å². The van der Waals surface area contributed by atoms with Crippen molar-refractivity contribution in [3.8, 4) is 0 Å². The van der Waals surface area contributed by atoms with E-state index in [1.54, 1.807) is 0 Å². The molecule has 1 saturated carbocycles. The van der Waals surface area contributed by atoms with Gasteiger partial charge in [-0.2, -0.15) is 0 Å². The van der Waals surface area contributed by atoms with Crippen molar-refractivity contribution in [2.24, 2.45) is 11.8 Å². The van der Waals surface area contributed by atoms with Crippen molar-refractivity contribution in [2.45, 2.75) is 58.9 Å². The molecular formula is C13H28O2Si. The van der Waals surface area contributed by atoms with Crippen LogP contribution in [0.4, 0.5) is 0 Å². The summed E-state index contributed by atoms with van der Waals surface area (Å²) in [5.74, 6) is 1.65. The van der Waals surface area contributed by atoms with Crippen molar-refractivity contribution in [3.63, 3.8) is 0 Å². The molecule has 3 atom stereocenters. The molecule has 1 aliphatic carbocycles. The maximum atomic E-state index is 6.01. The first kappa shape index (κ1) is 14.2. The summed E-state index contributed by atoms with van der Waals surface area (Å²) in [5, 5.41) is 0. The second kappa shape index (κ2) is 7.46. The highest BCUT2D eigenvalue weighted by Crippen LogP contribution is 2.42. The maximum Gasteiger partial charge on any atom is 0.324 e. The Labute approximate surface area is 103 Å². The summed E-state index contributed by atoms with van der Waals surface area (Å²) in [7, 11) is -1.42. The molecule has 3 heteroatoms. The van der Waals surface area contributed by atoms with E-state index in [2.05, 4.69) is 27.7 Å². The minimum absolute atomic E-state index is 0.744. The van der Waals surface area contributed by atoms with Gasteiger partial charge in [-0.1, -0.05) is 34.1 Å². The van der Waals surface area contributed by atoms with E-state index in [0.29, 0.717) is 0 Å². The lowest BCUT2D eigenvalue weighted by Gasteiger charge is -2.26. The molecule has 1 aliphatic rings. The van der Waals surface area contributed by atoms with E-state index in [9.17, 15) is 0 Å². The van der Waals surface area contributed by atoms with E-state index in [0.717, 1.165) is 43.4 Å². The molecule has 0 aromatic carbocycles. The number of hydrogen-bond acceptors (Lipinski definition) is 2. The van der Waals surface area contributed by atoms with E-state index >= 15 is 0 Å². The molecule has 0 N–H and O–H groups in total. The van der Waals surface area contributed by atoms with Crippen molar-refractivity contribution >= 4 is 9.28 Å². The molecule has 3 unspecified atom stereocenters. The minimum Gasteiger partial charge on any atom is -0.396 e. The molecule has 0 bridgehead atoms. The van der Waals surface area contributed by atoms with Crippen LogP contribution in [0, 0.1) is 11.8 Å². The lowest BCUT2D eigenvalue weighted by atomic mass is 10.0. The Kier molecular flexibility index (Phi) is 6.62. The zero-order valence-electron chi connectivity index (χ0n) is 11.4. The fourth-order valence-electron chi connectivity index (χ4n) is 2.55. The van der Waals surface area contributed by atoms with Crippen LogP contribution in [0.25, 0.3) is 0 Å². The van der Waals surface area contributed by atoms with Crippen molar-refractivity contribution in [3.05, 3.63) is 0 Å². The van der Waals surface area contributed by atoms with Gasteiger partial charge in [-0.3, -0.25) is 0 Å². The van der Waals surface area contributed by atoms with Crippen molar-refractivity contribution in [2.75, 3.05) is 13.2 Å². The predicted octanol–water partition coefficient (Wildman–Crippen LogP) is 3.50. The van der Waals surface area contributed by atoms with Gasteiger partial charge in [0.1, 0.15) is 0 Å². The first-order chi connectivity index (χ1) is 7.70. The topological polar surface area (TPSA) is 18.5 Å². The van der Waals surface area contributed by atoms with Gasteiger partial charge in [-0.15, -0.1) is 0 Å². The molecule has 1 fully saturated rings. The Morgan fingerprint density at radius 3 is 1.94 bits per heavy atom. The van der Waals surface area contributed by atoms with E-state index < -0.39 is 9.28 Å². The van der Waals surface area contributed by atoms with Crippen LogP contribution in [0.3, 0.4) is 0 Å². The molecule has 0 aromatic rings. The molecule has 96 valence electrons. The molecule has 0 aliphatic heterocycles. The van der Waals surface area contributed by atoms with E-state index in [-0.39, 0.29) is 0 Å². The summed E-state index contributed by atoms with van der Waals surface area (Å²) >= 11 is 0. The Balaban J connectivity index is 2.46. The molecule has 0 saturated heterocycles. The van der Waals surface area contributed by atoms with Gasteiger partial charge >= 0.3 is 9.28 Å². The van der Waals surface area contributed by atoms with Crippen LogP contribution in [-0.2, 0) is 8.85 Å². The monoisotopic (exact) mass is 244 g/mol. The van der Waals surface area contributed by atoms with E-state index in [4.69, 9.17) is 8.85 Å². The van der Waals surface area contributed by atoms with E-state index in [1.165, 1.54) is 12.8 Å². The van der Waals surface area contributed by atoms with Gasteiger partial charge < -0.3 is 8.85 Å². The Hall–Kier alpha value is 0.137. The molecule has 0 aromatic heterocycles. The lowest BCUT2D eigenvalue weighted by molar-refractivity contribution is 0.181. The average molecular weight is 244 g/mol. The lowest BCUT2D eigenvalue weighted by Crippen LogP contribution is -2.32. The second-order valence-electron chi connectivity index (χ2n) is 5.19. The standard InChI is InChI=1S/C13H28O2Si/c1-5-9-14-16(15-10-6-2)13-8-7-11(3)12(13)4/h11-13,16H,5-10H2,1-4H3. The Morgan fingerprint density at radius 1 is 1.00 bits per heavy atom. The molecule has 0 heterocycles. The molecular weight excluding hydrogens is 216 g/mol. The largest absolute Gasteiger partial charge is 0.396 e. The third kappa shape index (κ3) is 3.86. The first-order valence-corrected chi connectivity index (χ1v) is 8.54. The third-order valence-corrected chi connectivity index (χ3v) is 6.62. The normalized spacial score (nSPS) is 30.2. The van der Waals surface area contributed by atoms with Crippen LogP contribution in [-0.4, -0.2) is 22.5 Å². The van der Waals surface area contributed by atoms with Crippen LogP contribution in [0.2, 0.25) is 5.54 Å². The molecule has 0 amide bonds. The van der Waals surface area contributed by atoms with Crippen molar-refractivity contribution < 1.29 is 8.85 Å². The highest BCUT2D eigenvalue weighted by molar-refractivity contribution is 6.46. The summed E-state index contributed by atoms with van der Waals surface area (Å²) in [4.78, 5) is 0. The number of rotatable bonds is 7. The fourth-order valence-corrected chi connectivity index (χ4v) is 5.42. The van der Waals surface area contributed by atoms with Crippen LogP contribution in [0.1, 0.15) is 53.4 Å². The highest BCUT2D eigenvalue weighted by Gasteiger charge is 2.38. The van der Waals surface area contributed by atoms with Crippen LogP contribution >= 0.6 is 0 Å². The molecule has 2 nitrogen and oxygen atoms in total. The fraction of sp³-hybridized carbons (Fsp3) is 1.00. The van der Waals surface area contributed by atoms with Crippen molar-refractivity contribution in [1.82, 2.24) is 0 Å². The van der Waals surface area contributed by atoms with Gasteiger partial charge in [0.15, 0.2) is 0 Å². The van der Waals surface area contributed by atoms with Crippen molar-refractivity contribution in [1.29, 1.82) is 0 Å². The first-order valence-electron chi connectivity index (χ1n) is 6.93. The average Bonchev–Trinajstić information content (AvgIpc) is 2.61. The molecule has 0 spiro atoms. The van der Waals surface area contributed by atoms with Gasteiger partial charge in [0.05, 0.1) is 0 Å². The number of hydrogen-bond donors (Lipinski definition) is 0. The van der Waals surface area contributed by atoms with Gasteiger partial charge in [-0.05, 0) is 31.1 Å². The highest BCUT2D eigenvalue weighted by atomic mass is 28.3. The van der Waals surface area contributed by atoms with Gasteiger partial charge in [0.2, 0.25) is 0 Å². The minimum atomic E-state index is -1.42. The van der Waals surface area contributed by atoms with Gasteiger partial charge in [-0.25, -0.2) is 0 Å². The summed E-state index contributed by atoms with van der Waals surface area (Å²) < 4.78 is 12.0.